The lowest BCUT2D eigenvalue weighted by atomic mass is 10.1. The molecule has 0 radical (unpaired) electrons. The third-order valence-corrected chi connectivity index (χ3v) is 3.95. The second kappa shape index (κ2) is 8.06. The lowest BCUT2D eigenvalue weighted by Crippen LogP contribution is -2.22. The predicted molar refractivity (Wildman–Crippen MR) is 93.0 cm³/mol. The molecule has 116 valence electrons. The number of hydrogen-bond acceptors (Lipinski definition) is 3. The van der Waals surface area contributed by atoms with Gasteiger partial charge in [-0.15, -0.1) is 0 Å². The Morgan fingerprint density at radius 3 is 2.36 bits per heavy atom. The average molecular weight is 362 g/mol. The Morgan fingerprint density at radius 2 is 1.82 bits per heavy atom. The molecule has 0 saturated carbocycles. The van der Waals surface area contributed by atoms with Gasteiger partial charge in [0.25, 0.3) is 5.91 Å². The first-order chi connectivity index (χ1) is 10.6. The van der Waals surface area contributed by atoms with E-state index in [1.54, 1.807) is 12.3 Å². The lowest BCUT2D eigenvalue weighted by Gasteiger charge is -2.18. The van der Waals surface area contributed by atoms with Crippen LogP contribution in [0, 0.1) is 0 Å². The first kappa shape index (κ1) is 16.6. The topological polar surface area (TPSA) is 45.2 Å². The number of nitrogens with zero attached hydrogens (tertiary/aromatic N) is 2. The van der Waals surface area contributed by atoms with Crippen molar-refractivity contribution in [3.05, 3.63) is 58.2 Å². The van der Waals surface area contributed by atoms with Gasteiger partial charge in [0.2, 0.25) is 0 Å². The fourth-order valence-corrected chi connectivity index (χ4v) is 2.34. The molecule has 2 aromatic rings. The highest BCUT2D eigenvalue weighted by Crippen LogP contribution is 2.13. The normalized spacial score (nSPS) is 10.7. The Labute approximate surface area is 139 Å². The summed E-state index contributed by atoms with van der Waals surface area (Å²) in [6.45, 7) is 7.25. The molecule has 1 aromatic heterocycles. The van der Waals surface area contributed by atoms with Crippen molar-refractivity contribution in [1.82, 2.24) is 9.88 Å². The van der Waals surface area contributed by atoms with Crippen LogP contribution < -0.4 is 5.32 Å². The van der Waals surface area contributed by atoms with E-state index in [2.05, 4.69) is 45.0 Å². The van der Waals surface area contributed by atoms with E-state index in [0.29, 0.717) is 11.4 Å². The van der Waals surface area contributed by atoms with Gasteiger partial charge in [-0.25, -0.2) is 4.98 Å². The van der Waals surface area contributed by atoms with Crippen LogP contribution in [0.4, 0.5) is 5.82 Å². The van der Waals surface area contributed by atoms with Crippen molar-refractivity contribution < 1.29 is 4.79 Å². The Bertz CT molecular complexity index is 607. The molecule has 0 bridgehead atoms. The second-order valence-electron chi connectivity index (χ2n) is 4.97. The van der Waals surface area contributed by atoms with Gasteiger partial charge >= 0.3 is 0 Å². The maximum atomic E-state index is 12.2. The van der Waals surface area contributed by atoms with Gasteiger partial charge in [-0.1, -0.05) is 26.0 Å². The number of halogens is 1. The van der Waals surface area contributed by atoms with E-state index in [-0.39, 0.29) is 5.91 Å². The molecule has 1 amide bonds. The molecule has 0 fully saturated rings. The van der Waals surface area contributed by atoms with E-state index in [4.69, 9.17) is 0 Å². The molecule has 0 unspecified atom stereocenters. The van der Waals surface area contributed by atoms with Crippen molar-refractivity contribution >= 4 is 27.7 Å². The molecule has 0 aliphatic carbocycles. The monoisotopic (exact) mass is 361 g/mol. The zero-order valence-corrected chi connectivity index (χ0v) is 14.4. The van der Waals surface area contributed by atoms with Crippen LogP contribution in [0.5, 0.6) is 0 Å². The summed E-state index contributed by atoms with van der Waals surface area (Å²) in [6, 6.07) is 11.3. The fourth-order valence-electron chi connectivity index (χ4n) is 2.11. The highest BCUT2D eigenvalue weighted by atomic mass is 79.9. The minimum atomic E-state index is -0.149. The number of amides is 1. The van der Waals surface area contributed by atoms with Crippen molar-refractivity contribution in [3.8, 4) is 0 Å². The number of anilines is 1. The molecule has 1 N–H and O–H groups in total. The van der Waals surface area contributed by atoms with E-state index < -0.39 is 0 Å². The van der Waals surface area contributed by atoms with Crippen LogP contribution in [0.2, 0.25) is 0 Å². The van der Waals surface area contributed by atoms with Gasteiger partial charge in [-0.05, 0) is 58.8 Å². The Balaban J connectivity index is 2.00. The molecule has 0 saturated heterocycles. The zero-order valence-electron chi connectivity index (χ0n) is 12.8. The van der Waals surface area contributed by atoms with Crippen LogP contribution in [-0.2, 0) is 6.54 Å². The van der Waals surface area contributed by atoms with Crippen molar-refractivity contribution in [3.63, 3.8) is 0 Å². The molecular weight excluding hydrogens is 342 g/mol. The molecule has 0 atom stereocenters. The molecule has 2 rings (SSSR count). The molecule has 4 nitrogen and oxygen atoms in total. The predicted octanol–water partition coefficient (Wildman–Crippen LogP) is 3.94. The van der Waals surface area contributed by atoms with E-state index in [1.165, 1.54) is 5.56 Å². The molecule has 1 aromatic carbocycles. The largest absolute Gasteiger partial charge is 0.307 e. The molecule has 0 spiro atoms. The Kier molecular flexibility index (Phi) is 6.10. The SMILES string of the molecule is CCN(CC)Cc1ccc(C(=O)Nc2ccc(Br)cn2)cc1. The molecule has 0 aliphatic rings. The fraction of sp³-hybridized carbons (Fsp3) is 0.294. The molecule has 1 heterocycles. The second-order valence-corrected chi connectivity index (χ2v) is 5.89. The zero-order chi connectivity index (χ0) is 15.9. The van der Waals surface area contributed by atoms with E-state index in [9.17, 15) is 4.79 Å². The van der Waals surface area contributed by atoms with E-state index in [1.807, 2.05) is 30.3 Å². The summed E-state index contributed by atoms with van der Waals surface area (Å²) in [7, 11) is 0. The number of benzene rings is 1. The van der Waals surface area contributed by atoms with Crippen molar-refractivity contribution in [2.24, 2.45) is 0 Å². The van der Waals surface area contributed by atoms with Crippen molar-refractivity contribution in [2.75, 3.05) is 18.4 Å². The van der Waals surface area contributed by atoms with Crippen LogP contribution >= 0.6 is 15.9 Å². The van der Waals surface area contributed by atoms with Crippen LogP contribution in [0.25, 0.3) is 0 Å². The van der Waals surface area contributed by atoms with Gasteiger partial charge in [0.1, 0.15) is 5.82 Å². The summed E-state index contributed by atoms with van der Waals surface area (Å²) in [5.74, 6) is 0.393. The average Bonchev–Trinajstić information content (AvgIpc) is 2.55. The van der Waals surface area contributed by atoms with E-state index in [0.717, 1.165) is 24.1 Å². The lowest BCUT2D eigenvalue weighted by molar-refractivity contribution is 0.102. The molecule has 22 heavy (non-hydrogen) atoms. The molecule has 5 heteroatoms. The number of carbonyl (C=O) groups excluding carboxylic acids is 1. The Hall–Kier alpha value is -1.72. The number of hydrogen-bond donors (Lipinski definition) is 1. The standard InChI is InChI=1S/C17H20BrN3O/c1-3-21(4-2)12-13-5-7-14(8-6-13)17(22)20-16-10-9-15(18)11-19-16/h5-11H,3-4,12H2,1-2H3,(H,19,20,22). The van der Waals surface area contributed by atoms with Crippen molar-refractivity contribution in [2.45, 2.75) is 20.4 Å². The summed E-state index contributed by atoms with van der Waals surface area (Å²) in [6.07, 6.45) is 1.66. The quantitative estimate of drug-likeness (QED) is 0.847. The smallest absolute Gasteiger partial charge is 0.256 e. The van der Waals surface area contributed by atoms with Gasteiger partial charge in [0.05, 0.1) is 0 Å². The van der Waals surface area contributed by atoms with E-state index >= 15 is 0 Å². The number of aromatic nitrogens is 1. The maximum absolute atomic E-state index is 12.2. The van der Waals surface area contributed by atoms with Gasteiger partial charge in [-0.2, -0.15) is 0 Å². The third-order valence-electron chi connectivity index (χ3n) is 3.49. The van der Waals surface area contributed by atoms with Gasteiger partial charge in [-0.3, -0.25) is 9.69 Å². The first-order valence-electron chi connectivity index (χ1n) is 7.36. The summed E-state index contributed by atoms with van der Waals surface area (Å²) in [5, 5.41) is 2.79. The number of rotatable bonds is 6. The minimum absolute atomic E-state index is 0.149. The summed E-state index contributed by atoms with van der Waals surface area (Å²) in [4.78, 5) is 18.6. The summed E-state index contributed by atoms with van der Waals surface area (Å²) < 4.78 is 0.881. The highest BCUT2D eigenvalue weighted by molar-refractivity contribution is 9.10. The third kappa shape index (κ3) is 4.64. The maximum Gasteiger partial charge on any atom is 0.256 e. The highest BCUT2D eigenvalue weighted by Gasteiger charge is 2.07. The molecular formula is C17H20BrN3O. The number of nitrogens with one attached hydrogen (secondary N) is 1. The Morgan fingerprint density at radius 1 is 1.14 bits per heavy atom. The van der Waals surface area contributed by atoms with Crippen LogP contribution in [-0.4, -0.2) is 28.9 Å². The minimum Gasteiger partial charge on any atom is -0.307 e. The molecule has 0 aliphatic heterocycles. The number of carbonyl (C=O) groups is 1. The van der Waals surface area contributed by atoms with Crippen LogP contribution in [0.15, 0.2) is 47.1 Å². The van der Waals surface area contributed by atoms with Gasteiger partial charge in [0, 0.05) is 22.8 Å². The summed E-state index contributed by atoms with van der Waals surface area (Å²) in [5.41, 5.74) is 1.84. The van der Waals surface area contributed by atoms with Crippen LogP contribution in [0.3, 0.4) is 0 Å². The van der Waals surface area contributed by atoms with Crippen LogP contribution in [0.1, 0.15) is 29.8 Å². The summed E-state index contributed by atoms with van der Waals surface area (Å²) >= 11 is 3.32. The first-order valence-corrected chi connectivity index (χ1v) is 8.16. The van der Waals surface area contributed by atoms with Gasteiger partial charge in [0.15, 0.2) is 0 Å². The number of pyridine rings is 1. The van der Waals surface area contributed by atoms with Gasteiger partial charge < -0.3 is 5.32 Å². The van der Waals surface area contributed by atoms with Crippen molar-refractivity contribution in [1.29, 1.82) is 0 Å².